The van der Waals surface area contributed by atoms with Crippen molar-refractivity contribution in [3.05, 3.63) is 16.6 Å². The van der Waals surface area contributed by atoms with Gasteiger partial charge in [0.1, 0.15) is 17.4 Å². The van der Waals surface area contributed by atoms with Gasteiger partial charge in [-0.1, -0.05) is 11.6 Å². The summed E-state index contributed by atoms with van der Waals surface area (Å²) in [7, 11) is 1.77. The van der Waals surface area contributed by atoms with Crippen LogP contribution in [-0.2, 0) is 11.3 Å². The van der Waals surface area contributed by atoms with Crippen LogP contribution in [0.2, 0.25) is 0 Å². The molecule has 2 aliphatic carbocycles. The minimum Gasteiger partial charge on any atom is -0.486 e. The highest BCUT2D eigenvalue weighted by atomic mass is 79.9. The van der Waals surface area contributed by atoms with Crippen molar-refractivity contribution in [1.29, 1.82) is 0 Å². The lowest BCUT2D eigenvalue weighted by molar-refractivity contribution is -0.0231. The van der Waals surface area contributed by atoms with Crippen LogP contribution < -0.4 is 4.74 Å². The van der Waals surface area contributed by atoms with Gasteiger partial charge in [-0.2, -0.15) is 0 Å². The molecule has 0 spiro atoms. The highest BCUT2D eigenvalue weighted by Gasteiger charge is 2.28. The Balaban J connectivity index is 1.58. The molecule has 5 nitrogen and oxygen atoms in total. The Bertz CT molecular complexity index is 698. The zero-order chi connectivity index (χ0) is 15.8. The Kier molecular flexibility index (Phi) is 4.28. The number of hydrogen-bond acceptors (Lipinski definition) is 4. The van der Waals surface area contributed by atoms with E-state index >= 15 is 0 Å². The maximum atomic E-state index is 6.25. The van der Waals surface area contributed by atoms with E-state index in [0.29, 0.717) is 0 Å². The molecular formula is C17H22BrN3O2. The van der Waals surface area contributed by atoms with Crippen LogP contribution in [0.15, 0.2) is 16.6 Å². The summed E-state index contributed by atoms with van der Waals surface area (Å²) < 4.78 is 14.8. The van der Waals surface area contributed by atoms with Crippen molar-refractivity contribution in [3.8, 4) is 5.75 Å². The van der Waals surface area contributed by atoms with E-state index < -0.39 is 0 Å². The van der Waals surface area contributed by atoms with Crippen molar-refractivity contribution in [2.24, 2.45) is 5.92 Å². The minimum atomic E-state index is 0.115. The number of rotatable bonds is 5. The van der Waals surface area contributed by atoms with Crippen molar-refractivity contribution in [2.75, 3.05) is 7.11 Å². The van der Waals surface area contributed by atoms with E-state index in [4.69, 9.17) is 9.47 Å². The van der Waals surface area contributed by atoms with E-state index in [2.05, 4.69) is 32.3 Å². The Morgan fingerprint density at radius 3 is 2.70 bits per heavy atom. The Morgan fingerprint density at radius 1 is 1.17 bits per heavy atom. The molecule has 0 saturated heterocycles. The van der Waals surface area contributed by atoms with E-state index in [9.17, 15) is 0 Å². The number of benzene rings is 1. The zero-order valence-corrected chi connectivity index (χ0v) is 15.0. The van der Waals surface area contributed by atoms with Gasteiger partial charge in [-0.25, -0.2) is 4.68 Å². The average Bonchev–Trinajstić information content (AvgIpc) is 3.29. The number of fused-ring (bicyclic) bond motifs is 1. The van der Waals surface area contributed by atoms with Gasteiger partial charge in [-0.05, 0) is 66.1 Å². The number of halogens is 1. The second-order valence-electron chi connectivity index (χ2n) is 6.68. The maximum absolute atomic E-state index is 6.25. The summed E-state index contributed by atoms with van der Waals surface area (Å²) in [4.78, 5) is 0. The molecule has 2 fully saturated rings. The SMILES string of the molecule is COC1CCCCC1Oc1ccc2c(nnn2CC2CC2)c1Br. The van der Waals surface area contributed by atoms with Gasteiger partial charge in [0.2, 0.25) is 0 Å². The third-order valence-corrected chi connectivity index (χ3v) is 5.71. The number of nitrogens with zero attached hydrogens (tertiary/aromatic N) is 3. The first-order valence-corrected chi connectivity index (χ1v) is 9.26. The Hall–Kier alpha value is -1.14. The quantitative estimate of drug-likeness (QED) is 0.789. The normalized spacial score (nSPS) is 25.0. The summed E-state index contributed by atoms with van der Waals surface area (Å²) in [5.41, 5.74) is 1.95. The predicted molar refractivity (Wildman–Crippen MR) is 91.6 cm³/mol. The molecule has 2 aromatic rings. The van der Waals surface area contributed by atoms with Gasteiger partial charge in [0.05, 0.1) is 16.1 Å². The Morgan fingerprint density at radius 2 is 1.96 bits per heavy atom. The van der Waals surface area contributed by atoms with Gasteiger partial charge in [0.25, 0.3) is 0 Å². The number of methoxy groups -OCH3 is 1. The molecule has 1 aromatic heterocycles. The molecule has 6 heteroatoms. The summed E-state index contributed by atoms with van der Waals surface area (Å²) in [6.07, 6.45) is 7.43. The molecule has 1 heterocycles. The maximum Gasteiger partial charge on any atom is 0.136 e. The van der Waals surface area contributed by atoms with E-state index in [1.54, 1.807) is 7.11 Å². The monoisotopic (exact) mass is 379 g/mol. The van der Waals surface area contributed by atoms with Gasteiger partial charge in [0, 0.05) is 13.7 Å². The largest absolute Gasteiger partial charge is 0.486 e. The summed E-state index contributed by atoms with van der Waals surface area (Å²) in [6.45, 7) is 0.970. The first kappa shape index (κ1) is 15.4. The highest BCUT2D eigenvalue weighted by Crippen LogP contribution is 2.36. The number of ether oxygens (including phenoxy) is 2. The predicted octanol–water partition coefficient (Wildman–Crippen LogP) is 3.94. The summed E-state index contributed by atoms with van der Waals surface area (Å²) >= 11 is 3.66. The average molecular weight is 380 g/mol. The molecule has 0 radical (unpaired) electrons. The minimum absolute atomic E-state index is 0.115. The fourth-order valence-corrected chi connectivity index (χ4v) is 3.90. The van der Waals surface area contributed by atoms with Crippen molar-refractivity contribution >= 4 is 27.0 Å². The molecule has 2 saturated carbocycles. The zero-order valence-electron chi connectivity index (χ0n) is 13.4. The molecule has 2 unspecified atom stereocenters. The van der Waals surface area contributed by atoms with Crippen LogP contribution in [0.5, 0.6) is 5.75 Å². The van der Waals surface area contributed by atoms with Crippen molar-refractivity contribution in [2.45, 2.75) is 57.3 Å². The van der Waals surface area contributed by atoms with Crippen molar-refractivity contribution in [1.82, 2.24) is 15.0 Å². The molecule has 0 bridgehead atoms. The van der Waals surface area contributed by atoms with Gasteiger partial charge in [-0.3, -0.25) is 0 Å². The van der Waals surface area contributed by atoms with E-state index in [-0.39, 0.29) is 12.2 Å². The molecule has 0 amide bonds. The van der Waals surface area contributed by atoms with E-state index in [1.165, 1.54) is 25.7 Å². The standard InChI is InChI=1S/C17H22BrN3O2/c1-22-13-4-2-3-5-14(13)23-15-9-8-12-17(16(15)18)19-20-21(12)10-11-6-7-11/h8-9,11,13-14H,2-7,10H2,1H3. The Labute approximate surface area is 144 Å². The molecular weight excluding hydrogens is 358 g/mol. The molecule has 4 rings (SSSR count). The smallest absolute Gasteiger partial charge is 0.136 e. The lowest BCUT2D eigenvalue weighted by atomic mass is 9.94. The fourth-order valence-electron chi connectivity index (χ4n) is 3.39. The summed E-state index contributed by atoms with van der Waals surface area (Å²) in [6, 6.07) is 4.10. The molecule has 2 aliphatic rings. The van der Waals surface area contributed by atoms with E-state index in [1.807, 2.05) is 10.7 Å². The second kappa shape index (κ2) is 6.40. The van der Waals surface area contributed by atoms with Gasteiger partial charge in [0.15, 0.2) is 0 Å². The van der Waals surface area contributed by atoms with Crippen LogP contribution in [0, 0.1) is 5.92 Å². The van der Waals surface area contributed by atoms with Crippen LogP contribution >= 0.6 is 15.9 Å². The molecule has 2 atom stereocenters. The summed E-state index contributed by atoms with van der Waals surface area (Å²) in [5, 5.41) is 8.66. The number of hydrogen-bond donors (Lipinski definition) is 0. The first-order valence-electron chi connectivity index (χ1n) is 8.47. The molecule has 0 aliphatic heterocycles. The van der Waals surface area contributed by atoms with Gasteiger partial charge in [-0.15, -0.1) is 5.10 Å². The lowest BCUT2D eigenvalue weighted by Gasteiger charge is -2.31. The van der Waals surface area contributed by atoms with Crippen LogP contribution in [0.4, 0.5) is 0 Å². The fraction of sp³-hybridized carbons (Fsp3) is 0.647. The number of aromatic nitrogens is 3. The highest BCUT2D eigenvalue weighted by molar-refractivity contribution is 9.10. The third-order valence-electron chi connectivity index (χ3n) is 4.94. The van der Waals surface area contributed by atoms with E-state index in [0.717, 1.165) is 46.6 Å². The lowest BCUT2D eigenvalue weighted by Crippen LogP contribution is -2.36. The first-order chi connectivity index (χ1) is 11.3. The topological polar surface area (TPSA) is 49.2 Å². The van der Waals surface area contributed by atoms with Crippen LogP contribution in [0.25, 0.3) is 11.0 Å². The molecule has 0 N–H and O–H groups in total. The van der Waals surface area contributed by atoms with Crippen LogP contribution in [0.1, 0.15) is 38.5 Å². The van der Waals surface area contributed by atoms with Gasteiger partial charge < -0.3 is 9.47 Å². The third kappa shape index (κ3) is 3.11. The summed E-state index contributed by atoms with van der Waals surface area (Å²) in [5.74, 6) is 1.62. The van der Waals surface area contributed by atoms with Crippen LogP contribution in [0.3, 0.4) is 0 Å². The van der Waals surface area contributed by atoms with Gasteiger partial charge >= 0.3 is 0 Å². The second-order valence-corrected chi connectivity index (χ2v) is 7.47. The molecule has 1 aromatic carbocycles. The molecule has 23 heavy (non-hydrogen) atoms. The van der Waals surface area contributed by atoms with Crippen LogP contribution in [-0.4, -0.2) is 34.3 Å². The molecule has 124 valence electrons. The van der Waals surface area contributed by atoms with Crippen molar-refractivity contribution in [3.63, 3.8) is 0 Å². The van der Waals surface area contributed by atoms with Crippen molar-refractivity contribution < 1.29 is 9.47 Å².